The van der Waals surface area contributed by atoms with Gasteiger partial charge >= 0.3 is 12.1 Å². The summed E-state index contributed by atoms with van der Waals surface area (Å²) < 4.78 is 5.49. The van der Waals surface area contributed by atoms with Gasteiger partial charge in [0, 0.05) is 12.0 Å². The Morgan fingerprint density at radius 1 is 1.00 bits per heavy atom. The number of benzene rings is 2. The van der Waals surface area contributed by atoms with E-state index in [0.29, 0.717) is 12.8 Å². The lowest BCUT2D eigenvalue weighted by molar-refractivity contribution is -0.144. The molecule has 0 radical (unpaired) electrons. The molecule has 1 saturated carbocycles. The highest BCUT2D eigenvalue weighted by Crippen LogP contribution is 2.44. The van der Waals surface area contributed by atoms with Gasteiger partial charge in [-0.15, -0.1) is 0 Å². The Balaban J connectivity index is 1.33. The first-order valence-electron chi connectivity index (χ1n) is 11.1. The molecule has 32 heavy (non-hydrogen) atoms. The van der Waals surface area contributed by atoms with E-state index in [-0.39, 0.29) is 12.5 Å². The molecule has 2 aromatic rings. The Kier molecular flexibility index (Phi) is 6.44. The summed E-state index contributed by atoms with van der Waals surface area (Å²) in [4.78, 5) is 36.4. The lowest BCUT2D eigenvalue weighted by Gasteiger charge is -2.30. The molecule has 0 aliphatic heterocycles. The second-order valence-electron chi connectivity index (χ2n) is 8.54. The zero-order valence-electron chi connectivity index (χ0n) is 18.0. The van der Waals surface area contributed by atoms with Gasteiger partial charge in [0.2, 0.25) is 5.91 Å². The summed E-state index contributed by atoms with van der Waals surface area (Å²) in [5.74, 6) is -1.95. The highest BCUT2D eigenvalue weighted by atomic mass is 16.5. The Hall–Kier alpha value is -3.35. The van der Waals surface area contributed by atoms with E-state index >= 15 is 0 Å². The molecule has 2 aliphatic carbocycles. The predicted molar refractivity (Wildman–Crippen MR) is 119 cm³/mol. The lowest BCUT2D eigenvalue weighted by atomic mass is 9.84. The number of fused-ring (bicyclic) bond motifs is 3. The second kappa shape index (κ2) is 9.42. The first-order chi connectivity index (χ1) is 15.5. The van der Waals surface area contributed by atoms with E-state index in [9.17, 15) is 19.5 Å². The second-order valence-corrected chi connectivity index (χ2v) is 8.54. The number of ether oxygens (including phenoxy) is 1. The van der Waals surface area contributed by atoms with E-state index in [0.717, 1.165) is 35.1 Å². The van der Waals surface area contributed by atoms with Crippen molar-refractivity contribution in [3.63, 3.8) is 0 Å². The average molecular weight is 437 g/mol. The number of carboxylic acids is 1. The van der Waals surface area contributed by atoms with Crippen LogP contribution in [0, 0.1) is 5.92 Å². The zero-order valence-corrected chi connectivity index (χ0v) is 18.0. The molecule has 2 aliphatic rings. The van der Waals surface area contributed by atoms with E-state index in [2.05, 4.69) is 22.8 Å². The van der Waals surface area contributed by atoms with Crippen LogP contribution in [0.25, 0.3) is 11.1 Å². The van der Waals surface area contributed by atoms with Crippen LogP contribution < -0.4 is 10.6 Å². The maximum atomic E-state index is 12.5. The Labute approximate surface area is 187 Å². The molecule has 7 heteroatoms. The minimum absolute atomic E-state index is 0.0594. The highest BCUT2D eigenvalue weighted by molar-refractivity contribution is 5.86. The van der Waals surface area contributed by atoms with Crippen LogP contribution in [-0.2, 0) is 14.3 Å². The molecule has 0 saturated heterocycles. The zero-order chi connectivity index (χ0) is 22.7. The van der Waals surface area contributed by atoms with E-state index in [1.54, 1.807) is 6.92 Å². The summed E-state index contributed by atoms with van der Waals surface area (Å²) >= 11 is 0. The van der Waals surface area contributed by atoms with Crippen LogP contribution >= 0.6 is 0 Å². The molecule has 0 spiro atoms. The summed E-state index contributed by atoms with van der Waals surface area (Å²) in [7, 11) is 0. The van der Waals surface area contributed by atoms with Crippen molar-refractivity contribution in [1.82, 2.24) is 10.6 Å². The van der Waals surface area contributed by atoms with Crippen molar-refractivity contribution in [1.29, 1.82) is 0 Å². The van der Waals surface area contributed by atoms with Crippen LogP contribution in [-0.4, -0.2) is 41.8 Å². The molecule has 0 heterocycles. The first kappa shape index (κ1) is 21.9. The van der Waals surface area contributed by atoms with Crippen LogP contribution in [0.2, 0.25) is 0 Å². The minimum Gasteiger partial charge on any atom is -0.481 e. The Morgan fingerprint density at radius 2 is 1.59 bits per heavy atom. The molecule has 3 atom stereocenters. The average Bonchev–Trinajstić information content (AvgIpc) is 3.11. The van der Waals surface area contributed by atoms with Crippen molar-refractivity contribution in [2.75, 3.05) is 6.61 Å². The van der Waals surface area contributed by atoms with Gasteiger partial charge in [-0.2, -0.15) is 0 Å². The van der Waals surface area contributed by atoms with E-state index in [4.69, 9.17) is 4.74 Å². The number of aliphatic carboxylic acids is 1. The molecule has 7 nitrogen and oxygen atoms in total. The largest absolute Gasteiger partial charge is 0.481 e. The molecular weight excluding hydrogens is 408 g/mol. The Morgan fingerprint density at radius 3 is 2.22 bits per heavy atom. The first-order valence-corrected chi connectivity index (χ1v) is 11.1. The van der Waals surface area contributed by atoms with E-state index in [1.807, 2.05) is 36.4 Å². The number of hydrogen-bond acceptors (Lipinski definition) is 4. The highest BCUT2D eigenvalue weighted by Gasteiger charge is 2.33. The summed E-state index contributed by atoms with van der Waals surface area (Å²) in [6.45, 7) is 1.73. The molecular formula is C25H28N2O5. The number of rotatable bonds is 6. The third-order valence-corrected chi connectivity index (χ3v) is 6.48. The number of carbonyl (C=O) groups is 3. The molecule has 0 aromatic heterocycles. The summed E-state index contributed by atoms with van der Waals surface area (Å²) in [5, 5.41) is 14.7. The number of nitrogens with one attached hydrogen (secondary N) is 2. The van der Waals surface area contributed by atoms with Crippen LogP contribution in [0.3, 0.4) is 0 Å². The molecule has 2 unspecified atom stereocenters. The SMILES string of the molecule is C[C@H](NC(=O)OCC1c2ccccc2-c2ccccc21)C(=O)NC1CCCCC1C(=O)O. The van der Waals surface area contributed by atoms with Gasteiger partial charge in [0.15, 0.2) is 0 Å². The normalized spacial score (nSPS) is 20.5. The summed E-state index contributed by atoms with van der Waals surface area (Å²) in [5.41, 5.74) is 4.52. The monoisotopic (exact) mass is 436 g/mol. The van der Waals surface area contributed by atoms with Gasteiger partial charge in [0.05, 0.1) is 5.92 Å². The van der Waals surface area contributed by atoms with Crippen molar-refractivity contribution in [2.24, 2.45) is 5.92 Å². The maximum absolute atomic E-state index is 12.5. The minimum atomic E-state index is -0.896. The fourth-order valence-corrected chi connectivity index (χ4v) is 4.79. The maximum Gasteiger partial charge on any atom is 0.407 e. The van der Waals surface area contributed by atoms with Crippen molar-refractivity contribution in [2.45, 2.75) is 50.6 Å². The van der Waals surface area contributed by atoms with Gasteiger partial charge in [-0.25, -0.2) is 4.79 Å². The van der Waals surface area contributed by atoms with Crippen LogP contribution in [0.5, 0.6) is 0 Å². The summed E-state index contributed by atoms with van der Waals surface area (Å²) in [6.07, 6.45) is 2.22. The molecule has 0 bridgehead atoms. The van der Waals surface area contributed by atoms with Crippen LogP contribution in [0.4, 0.5) is 4.79 Å². The summed E-state index contributed by atoms with van der Waals surface area (Å²) in [6, 6.07) is 14.9. The van der Waals surface area contributed by atoms with Gasteiger partial charge in [0.25, 0.3) is 0 Å². The lowest BCUT2D eigenvalue weighted by Crippen LogP contribution is -2.52. The predicted octanol–water partition coefficient (Wildman–Crippen LogP) is 3.67. The van der Waals surface area contributed by atoms with E-state index in [1.165, 1.54) is 0 Å². The standard InChI is InChI=1S/C25H28N2O5/c1-15(23(28)27-22-13-7-6-12-20(22)24(29)30)26-25(31)32-14-21-18-10-4-2-8-16(18)17-9-3-5-11-19(17)21/h2-5,8-11,15,20-22H,6-7,12-14H2,1H3,(H,26,31)(H,27,28)(H,29,30)/t15-,20?,22?/m0/s1. The number of carbonyl (C=O) groups excluding carboxylic acids is 2. The van der Waals surface area contributed by atoms with E-state index < -0.39 is 36.0 Å². The van der Waals surface area contributed by atoms with Crippen molar-refractivity contribution >= 4 is 18.0 Å². The topological polar surface area (TPSA) is 105 Å². The van der Waals surface area contributed by atoms with Crippen LogP contribution in [0.15, 0.2) is 48.5 Å². The Bertz CT molecular complexity index is 975. The molecule has 2 aromatic carbocycles. The van der Waals surface area contributed by atoms with Gasteiger partial charge in [-0.3, -0.25) is 9.59 Å². The van der Waals surface area contributed by atoms with Crippen molar-refractivity contribution in [3.05, 3.63) is 59.7 Å². The molecule has 4 rings (SSSR count). The van der Waals surface area contributed by atoms with Gasteiger partial charge in [-0.05, 0) is 42.0 Å². The van der Waals surface area contributed by atoms with Crippen LogP contribution in [0.1, 0.15) is 49.7 Å². The van der Waals surface area contributed by atoms with Gasteiger partial charge in [-0.1, -0.05) is 61.4 Å². The third kappa shape index (κ3) is 4.47. The molecule has 168 valence electrons. The molecule has 2 amide bonds. The fourth-order valence-electron chi connectivity index (χ4n) is 4.79. The smallest absolute Gasteiger partial charge is 0.407 e. The number of hydrogen-bond donors (Lipinski definition) is 3. The number of amides is 2. The molecule has 1 fully saturated rings. The van der Waals surface area contributed by atoms with Gasteiger partial charge < -0.3 is 20.5 Å². The van der Waals surface area contributed by atoms with Crippen molar-refractivity contribution in [3.8, 4) is 11.1 Å². The van der Waals surface area contributed by atoms with Crippen molar-refractivity contribution < 1.29 is 24.2 Å². The number of alkyl carbamates (subject to hydrolysis) is 1. The quantitative estimate of drug-likeness (QED) is 0.641. The number of carboxylic acid groups (broad SMARTS) is 1. The third-order valence-electron chi connectivity index (χ3n) is 6.48. The fraction of sp³-hybridized carbons (Fsp3) is 0.400. The van der Waals surface area contributed by atoms with Gasteiger partial charge in [0.1, 0.15) is 12.6 Å². The molecule has 3 N–H and O–H groups in total.